The van der Waals surface area contributed by atoms with Crippen LogP contribution < -0.4 is 5.32 Å². The quantitative estimate of drug-likeness (QED) is 0.236. The molecule has 1 atom stereocenters. The number of benzene rings is 3. The molecule has 2 heterocycles. The van der Waals surface area contributed by atoms with Gasteiger partial charge >= 0.3 is 6.18 Å². The molecule has 7 nitrogen and oxygen atoms in total. The molecule has 0 bridgehead atoms. The molecule has 0 radical (unpaired) electrons. The number of nitrogens with zero attached hydrogens (tertiary/aromatic N) is 4. The number of halogens is 4. The lowest BCUT2D eigenvalue weighted by Crippen LogP contribution is -2.25. The molecule has 0 aliphatic heterocycles. The van der Waals surface area contributed by atoms with Crippen LogP contribution in [0.15, 0.2) is 65.3 Å². The topological polar surface area (TPSA) is 89.0 Å². The summed E-state index contributed by atoms with van der Waals surface area (Å²) >= 11 is 0. The fraction of sp³-hybridized carbons (Fsp3) is 0.250. The largest absolute Gasteiger partial charge is 0.435 e. The summed E-state index contributed by atoms with van der Waals surface area (Å²) in [6, 6.07) is 14.4. The highest BCUT2D eigenvalue weighted by molar-refractivity contribution is 5.92. The van der Waals surface area contributed by atoms with Crippen molar-refractivity contribution >= 4 is 11.1 Å². The summed E-state index contributed by atoms with van der Waals surface area (Å²) < 4.78 is 65.1. The first-order valence-electron chi connectivity index (χ1n) is 12.3. The third kappa shape index (κ3) is 5.27. The predicted octanol–water partition coefficient (Wildman–Crippen LogP) is 5.98. The first-order valence-corrected chi connectivity index (χ1v) is 12.3. The summed E-state index contributed by atoms with van der Waals surface area (Å²) in [5, 5.41) is 20.8. The number of aromatic nitrogens is 4. The lowest BCUT2D eigenvalue weighted by Gasteiger charge is -2.14. The molecule has 0 aliphatic carbocycles. The van der Waals surface area contributed by atoms with Gasteiger partial charge in [-0.3, -0.25) is 0 Å². The second kappa shape index (κ2) is 10.6. The molecule has 2 N–H and O–H groups in total. The molecule has 11 heteroatoms. The maximum atomic E-state index is 15.6. The van der Waals surface area contributed by atoms with Crippen LogP contribution in [0.5, 0.6) is 0 Å². The van der Waals surface area contributed by atoms with Gasteiger partial charge in [-0.2, -0.15) is 13.2 Å². The molecule has 0 saturated carbocycles. The van der Waals surface area contributed by atoms with Gasteiger partial charge in [0.15, 0.2) is 11.4 Å². The summed E-state index contributed by atoms with van der Waals surface area (Å²) in [6.07, 6.45) is -3.41. The molecule has 5 rings (SSSR count). The van der Waals surface area contributed by atoms with Crippen LogP contribution in [-0.4, -0.2) is 37.5 Å². The fourth-order valence-corrected chi connectivity index (χ4v) is 4.42. The number of nitrogens with one attached hydrogen (secondary N) is 1. The zero-order chi connectivity index (χ0) is 27.7. The van der Waals surface area contributed by atoms with Crippen LogP contribution in [0.25, 0.3) is 45.1 Å². The number of aliphatic hydroxyl groups excluding tert-OH is 1. The number of hydrogen-bond donors (Lipinski definition) is 2. The van der Waals surface area contributed by atoms with Gasteiger partial charge in [0, 0.05) is 25.7 Å². The van der Waals surface area contributed by atoms with Crippen molar-refractivity contribution < 1.29 is 27.1 Å². The molecule has 2 aromatic heterocycles. The highest BCUT2D eigenvalue weighted by atomic mass is 19.4. The predicted molar refractivity (Wildman–Crippen MR) is 138 cm³/mol. The molecule has 1 unspecified atom stereocenters. The van der Waals surface area contributed by atoms with Gasteiger partial charge in [0.2, 0.25) is 5.89 Å². The maximum Gasteiger partial charge on any atom is 0.420 e. The van der Waals surface area contributed by atoms with E-state index in [1.165, 1.54) is 18.5 Å². The van der Waals surface area contributed by atoms with Gasteiger partial charge in [-0.05, 0) is 41.3 Å². The van der Waals surface area contributed by atoms with E-state index in [2.05, 4.69) is 20.5 Å². The van der Waals surface area contributed by atoms with Crippen molar-refractivity contribution in [3.05, 3.63) is 77.9 Å². The van der Waals surface area contributed by atoms with Gasteiger partial charge in [-0.25, -0.2) is 9.37 Å². The molecule has 0 aliphatic rings. The summed E-state index contributed by atoms with van der Waals surface area (Å²) in [6.45, 7) is 2.09. The van der Waals surface area contributed by atoms with Crippen molar-refractivity contribution in [2.45, 2.75) is 32.2 Å². The first kappa shape index (κ1) is 26.5. The van der Waals surface area contributed by atoms with Crippen LogP contribution >= 0.6 is 0 Å². The van der Waals surface area contributed by atoms with E-state index in [9.17, 15) is 18.3 Å². The van der Waals surface area contributed by atoms with Crippen LogP contribution in [0, 0.1) is 5.82 Å². The Morgan fingerprint density at radius 3 is 2.51 bits per heavy atom. The van der Waals surface area contributed by atoms with Gasteiger partial charge in [0.05, 0.1) is 11.7 Å². The minimum Gasteiger partial charge on any atom is -0.435 e. The summed E-state index contributed by atoms with van der Waals surface area (Å²) in [7, 11) is 1.68. The molecule has 5 aromatic rings. The van der Waals surface area contributed by atoms with E-state index < -0.39 is 29.2 Å². The van der Waals surface area contributed by atoms with Crippen molar-refractivity contribution in [3.63, 3.8) is 0 Å². The average molecular weight is 540 g/mol. The third-order valence-corrected chi connectivity index (χ3v) is 6.42. The number of fused-ring (bicyclic) bond motifs is 1. The molecule has 3 aromatic carbocycles. The number of alkyl halides is 3. The molecule has 39 heavy (non-hydrogen) atoms. The van der Waals surface area contributed by atoms with Crippen molar-refractivity contribution in [3.8, 4) is 34.0 Å². The Labute approximate surface area is 221 Å². The molecule has 0 saturated heterocycles. The van der Waals surface area contributed by atoms with Crippen molar-refractivity contribution in [1.29, 1.82) is 0 Å². The van der Waals surface area contributed by atoms with Crippen LogP contribution in [0.1, 0.15) is 24.5 Å². The average Bonchev–Trinajstić information content (AvgIpc) is 3.53. The van der Waals surface area contributed by atoms with E-state index in [1.54, 1.807) is 24.6 Å². The zero-order valence-corrected chi connectivity index (χ0v) is 21.1. The maximum absolute atomic E-state index is 15.6. The van der Waals surface area contributed by atoms with E-state index >= 15 is 4.39 Å². The first-order chi connectivity index (χ1) is 18.7. The third-order valence-electron chi connectivity index (χ3n) is 6.42. The minimum atomic E-state index is -4.75. The van der Waals surface area contributed by atoms with E-state index in [4.69, 9.17) is 4.42 Å². The zero-order valence-electron chi connectivity index (χ0n) is 21.1. The van der Waals surface area contributed by atoms with Crippen LogP contribution in [-0.2, 0) is 19.8 Å². The minimum absolute atomic E-state index is 0.0684. The number of aliphatic hydroxyl groups is 1. The highest BCUT2D eigenvalue weighted by Crippen LogP contribution is 2.43. The molecule has 0 amide bonds. The van der Waals surface area contributed by atoms with Gasteiger partial charge in [0.1, 0.15) is 23.2 Å². The van der Waals surface area contributed by atoms with Crippen LogP contribution in [0.2, 0.25) is 0 Å². The van der Waals surface area contributed by atoms with Crippen molar-refractivity contribution in [2.75, 3.05) is 6.54 Å². The SMILES string of the molecule is CCC(O)CNCc1cc(C(F)(F)F)c2oc(-c3c(F)ccc(-c4ccccc4)c3-c3nncn3C)nc2c1. The van der Waals surface area contributed by atoms with Crippen LogP contribution in [0.4, 0.5) is 17.6 Å². The molecular formula is C28H25F4N5O2. The van der Waals surface area contributed by atoms with Crippen molar-refractivity contribution in [1.82, 2.24) is 25.1 Å². The Kier molecular flexibility index (Phi) is 7.19. The van der Waals surface area contributed by atoms with E-state index in [0.717, 1.165) is 11.6 Å². The molecular weight excluding hydrogens is 514 g/mol. The normalized spacial score (nSPS) is 12.8. The number of oxazole rings is 1. The van der Waals surface area contributed by atoms with Gasteiger partial charge in [-0.1, -0.05) is 43.3 Å². The van der Waals surface area contributed by atoms with Gasteiger partial charge in [0.25, 0.3) is 0 Å². The summed E-state index contributed by atoms with van der Waals surface area (Å²) in [4.78, 5) is 4.33. The Morgan fingerprint density at radius 1 is 1.08 bits per heavy atom. The van der Waals surface area contributed by atoms with E-state index in [0.29, 0.717) is 23.4 Å². The summed E-state index contributed by atoms with van der Waals surface area (Å²) in [5.41, 5.74) is 0.201. The van der Waals surface area contributed by atoms with Crippen LogP contribution in [0.3, 0.4) is 0 Å². The molecule has 0 spiro atoms. The Bertz CT molecular complexity index is 1610. The molecule has 0 fully saturated rings. The number of hydrogen-bond acceptors (Lipinski definition) is 6. The van der Waals surface area contributed by atoms with Gasteiger partial charge < -0.3 is 19.4 Å². The second-order valence-corrected chi connectivity index (χ2v) is 9.18. The standard InChI is InChI=1S/C28H25F4N5O2/c1-3-18(38)14-33-13-16-11-20(28(30,31)32)25-22(12-16)35-27(39-25)24-21(29)10-9-19(17-7-5-4-6-8-17)23(24)26-36-34-15-37(26)2/h4-12,15,18,33,38H,3,13-14H2,1-2H3. The van der Waals surface area contributed by atoms with Crippen molar-refractivity contribution in [2.24, 2.45) is 7.05 Å². The Morgan fingerprint density at radius 2 is 1.85 bits per heavy atom. The Hall–Kier alpha value is -4.09. The fourth-order valence-electron chi connectivity index (χ4n) is 4.42. The lowest BCUT2D eigenvalue weighted by atomic mass is 9.94. The lowest BCUT2D eigenvalue weighted by molar-refractivity contribution is -0.136. The van der Waals surface area contributed by atoms with Gasteiger partial charge in [-0.15, -0.1) is 10.2 Å². The highest BCUT2D eigenvalue weighted by Gasteiger charge is 2.36. The van der Waals surface area contributed by atoms with E-state index in [-0.39, 0.29) is 35.6 Å². The molecule has 202 valence electrons. The van der Waals surface area contributed by atoms with E-state index in [1.807, 2.05) is 30.3 Å². The number of rotatable bonds is 8. The Balaban J connectivity index is 1.71. The smallest absolute Gasteiger partial charge is 0.420 e. The summed E-state index contributed by atoms with van der Waals surface area (Å²) in [5.74, 6) is -0.750. The second-order valence-electron chi connectivity index (χ2n) is 9.18. The number of aryl methyl sites for hydroxylation is 1. The monoisotopic (exact) mass is 539 g/mol.